The van der Waals surface area contributed by atoms with Crippen molar-refractivity contribution < 1.29 is 8.83 Å². The molecule has 4 heterocycles. The van der Waals surface area contributed by atoms with Crippen LogP contribution in [0.4, 0.5) is 0 Å². The summed E-state index contributed by atoms with van der Waals surface area (Å²) in [6, 6.07) is -0.589. The standard InChI is InChI=1S/C23H25N5O6/c1-7-28(8-2)15-16-11(13-19(29)25(4)23(32)27(6)21(13)34-16)9-10-12-14-18(33-17(12)15)20(30)26(5)22(31)24(14)3/h9-10,15H,7-8H2,1-6H3. The Labute approximate surface area is 192 Å². The second-order valence-corrected chi connectivity index (χ2v) is 8.49. The zero-order valence-corrected chi connectivity index (χ0v) is 19.8. The first-order valence-corrected chi connectivity index (χ1v) is 11.0. The van der Waals surface area contributed by atoms with Crippen LogP contribution in [0, 0.1) is 0 Å². The van der Waals surface area contributed by atoms with E-state index in [4.69, 9.17) is 8.83 Å². The molecule has 11 heteroatoms. The minimum atomic E-state index is -0.589. The number of rotatable bonds is 3. The molecule has 0 spiro atoms. The number of hydrogen-bond donors (Lipinski definition) is 0. The van der Waals surface area contributed by atoms with Gasteiger partial charge in [0.05, 0.1) is 0 Å². The highest BCUT2D eigenvalue weighted by Gasteiger charge is 2.37. The van der Waals surface area contributed by atoms with Crippen molar-refractivity contribution >= 4 is 34.4 Å². The molecule has 1 unspecified atom stereocenters. The van der Waals surface area contributed by atoms with Gasteiger partial charge in [0.1, 0.15) is 28.5 Å². The third-order valence-electron chi connectivity index (χ3n) is 6.80. The summed E-state index contributed by atoms with van der Waals surface area (Å²) in [5.41, 5.74) is -0.221. The molecule has 34 heavy (non-hydrogen) atoms. The Kier molecular flexibility index (Phi) is 4.73. The van der Waals surface area contributed by atoms with Gasteiger partial charge in [-0.3, -0.25) is 32.8 Å². The maximum Gasteiger partial charge on any atom is 0.333 e. The molecular formula is C23H25N5O6. The van der Waals surface area contributed by atoms with Crippen molar-refractivity contribution in [3.05, 3.63) is 64.3 Å². The quantitative estimate of drug-likeness (QED) is 0.439. The number of aryl methyl sites for hydroxylation is 2. The van der Waals surface area contributed by atoms with Crippen LogP contribution in [-0.4, -0.2) is 36.3 Å². The van der Waals surface area contributed by atoms with E-state index in [0.29, 0.717) is 41.3 Å². The SMILES string of the molecule is CCN(CC)C1c2oc3c(c2C=Cc2c1oc1c(=O)n(C)c(=O)n(C)c21)c(=O)n(C)c(=O)n3C. The van der Waals surface area contributed by atoms with Gasteiger partial charge in [-0.05, 0) is 25.2 Å². The number of fused-ring (bicyclic) bond motifs is 6. The highest BCUT2D eigenvalue weighted by Crippen LogP contribution is 2.43. The summed E-state index contributed by atoms with van der Waals surface area (Å²) in [5, 5.41) is 0.285. The molecule has 0 aromatic carbocycles. The van der Waals surface area contributed by atoms with Crippen LogP contribution in [0.5, 0.6) is 0 Å². The van der Waals surface area contributed by atoms with E-state index in [1.807, 2.05) is 13.8 Å². The molecule has 0 saturated carbocycles. The highest BCUT2D eigenvalue weighted by molar-refractivity contribution is 5.95. The maximum absolute atomic E-state index is 13.1. The molecule has 0 aliphatic heterocycles. The van der Waals surface area contributed by atoms with Gasteiger partial charge in [0.15, 0.2) is 0 Å². The molecule has 0 fully saturated rings. The molecule has 1 atom stereocenters. The van der Waals surface area contributed by atoms with Gasteiger partial charge in [-0.1, -0.05) is 13.8 Å². The lowest BCUT2D eigenvalue weighted by atomic mass is 10.0. The topological polar surface area (TPSA) is 118 Å². The first-order valence-electron chi connectivity index (χ1n) is 11.0. The fraction of sp³-hybridized carbons (Fsp3) is 0.391. The summed E-state index contributed by atoms with van der Waals surface area (Å²) < 4.78 is 17.1. The molecule has 1 aliphatic carbocycles. The lowest BCUT2D eigenvalue weighted by Gasteiger charge is -2.27. The molecule has 0 saturated heterocycles. The zero-order valence-electron chi connectivity index (χ0n) is 19.8. The normalized spacial score (nSPS) is 15.3. The van der Waals surface area contributed by atoms with Crippen LogP contribution in [0.1, 0.15) is 42.5 Å². The van der Waals surface area contributed by atoms with Crippen LogP contribution in [0.15, 0.2) is 28.0 Å². The third-order valence-corrected chi connectivity index (χ3v) is 6.80. The van der Waals surface area contributed by atoms with Gasteiger partial charge in [-0.2, -0.15) is 0 Å². The molecule has 5 rings (SSSR count). The van der Waals surface area contributed by atoms with Crippen LogP contribution >= 0.6 is 0 Å². The van der Waals surface area contributed by atoms with E-state index in [0.717, 1.165) is 9.13 Å². The van der Waals surface area contributed by atoms with Gasteiger partial charge in [-0.25, -0.2) is 9.59 Å². The predicted octanol–water partition coefficient (Wildman–Crippen LogP) is 0.889. The third kappa shape index (κ3) is 2.61. The zero-order chi connectivity index (χ0) is 24.6. The molecule has 4 aromatic rings. The summed E-state index contributed by atoms with van der Waals surface area (Å²) in [7, 11) is 5.97. The van der Waals surface area contributed by atoms with Crippen molar-refractivity contribution in [3.63, 3.8) is 0 Å². The Hall–Kier alpha value is -3.86. The molecule has 11 nitrogen and oxygen atoms in total. The van der Waals surface area contributed by atoms with Gasteiger partial charge in [0.25, 0.3) is 11.1 Å². The van der Waals surface area contributed by atoms with Crippen molar-refractivity contribution in [1.82, 2.24) is 23.2 Å². The Morgan fingerprint density at radius 2 is 1.32 bits per heavy atom. The summed E-state index contributed by atoms with van der Waals surface area (Å²) in [4.78, 5) is 53.2. The van der Waals surface area contributed by atoms with Crippen LogP contribution in [-0.2, 0) is 28.2 Å². The fourth-order valence-corrected chi connectivity index (χ4v) is 4.89. The lowest BCUT2D eigenvalue weighted by molar-refractivity contribution is 0.203. The highest BCUT2D eigenvalue weighted by atomic mass is 16.4. The van der Waals surface area contributed by atoms with E-state index < -0.39 is 28.5 Å². The average Bonchev–Trinajstić information content (AvgIpc) is 3.35. The lowest BCUT2D eigenvalue weighted by Crippen LogP contribution is -2.36. The summed E-state index contributed by atoms with van der Waals surface area (Å²) >= 11 is 0. The molecule has 4 aromatic heterocycles. The Morgan fingerprint density at radius 1 is 0.765 bits per heavy atom. The first kappa shape index (κ1) is 22.0. The number of hydrogen-bond acceptors (Lipinski definition) is 7. The first-order chi connectivity index (χ1) is 16.1. The second-order valence-electron chi connectivity index (χ2n) is 8.49. The Balaban J connectivity index is 1.98. The molecular weight excluding hydrogens is 442 g/mol. The van der Waals surface area contributed by atoms with Gasteiger partial charge >= 0.3 is 11.4 Å². The van der Waals surface area contributed by atoms with Crippen LogP contribution in [0.25, 0.3) is 34.4 Å². The van der Waals surface area contributed by atoms with Crippen molar-refractivity contribution in [3.8, 4) is 0 Å². The molecule has 0 amide bonds. The van der Waals surface area contributed by atoms with Crippen molar-refractivity contribution in [2.45, 2.75) is 19.9 Å². The average molecular weight is 467 g/mol. The number of aromatic nitrogens is 4. The van der Waals surface area contributed by atoms with Gasteiger partial charge in [0.2, 0.25) is 11.3 Å². The van der Waals surface area contributed by atoms with E-state index in [-0.39, 0.29) is 16.7 Å². The van der Waals surface area contributed by atoms with E-state index in [2.05, 4.69) is 4.90 Å². The molecule has 178 valence electrons. The van der Waals surface area contributed by atoms with Gasteiger partial charge in [0, 0.05) is 39.3 Å². The van der Waals surface area contributed by atoms with Crippen LogP contribution in [0.3, 0.4) is 0 Å². The second kappa shape index (κ2) is 7.32. The number of nitrogens with zero attached hydrogens (tertiary/aromatic N) is 5. The van der Waals surface area contributed by atoms with Crippen molar-refractivity contribution in [1.29, 1.82) is 0 Å². The molecule has 0 N–H and O–H groups in total. The van der Waals surface area contributed by atoms with E-state index in [1.165, 1.54) is 23.2 Å². The summed E-state index contributed by atoms with van der Waals surface area (Å²) in [6.45, 7) is 5.19. The minimum Gasteiger partial charge on any atom is -0.451 e. The van der Waals surface area contributed by atoms with Gasteiger partial charge in [-0.15, -0.1) is 0 Å². The van der Waals surface area contributed by atoms with E-state index in [9.17, 15) is 19.2 Å². The predicted molar refractivity (Wildman–Crippen MR) is 127 cm³/mol. The minimum absolute atomic E-state index is 0.0688. The van der Waals surface area contributed by atoms with Crippen molar-refractivity contribution in [2.75, 3.05) is 13.1 Å². The largest absolute Gasteiger partial charge is 0.451 e. The molecule has 0 radical (unpaired) electrons. The Bertz CT molecular complexity index is 1760. The maximum atomic E-state index is 13.1. The number of furan rings is 2. The van der Waals surface area contributed by atoms with E-state index >= 15 is 0 Å². The summed E-state index contributed by atoms with van der Waals surface area (Å²) in [5.74, 6) is 0.876. The Morgan fingerprint density at radius 3 is 1.97 bits per heavy atom. The van der Waals surface area contributed by atoms with Crippen molar-refractivity contribution in [2.24, 2.45) is 28.2 Å². The smallest absolute Gasteiger partial charge is 0.333 e. The monoisotopic (exact) mass is 467 g/mol. The fourth-order valence-electron chi connectivity index (χ4n) is 4.89. The van der Waals surface area contributed by atoms with E-state index in [1.54, 1.807) is 26.2 Å². The van der Waals surface area contributed by atoms with Crippen LogP contribution < -0.4 is 22.5 Å². The van der Waals surface area contributed by atoms with Gasteiger partial charge < -0.3 is 8.83 Å². The summed E-state index contributed by atoms with van der Waals surface area (Å²) in [6.07, 6.45) is 3.47. The van der Waals surface area contributed by atoms with Crippen LogP contribution in [0.2, 0.25) is 0 Å². The molecule has 1 aliphatic rings. The molecule has 0 bridgehead atoms.